The van der Waals surface area contributed by atoms with E-state index in [4.69, 9.17) is 0 Å². The zero-order valence-electron chi connectivity index (χ0n) is 14.8. The maximum atomic E-state index is 14.5. The van der Waals surface area contributed by atoms with E-state index in [1.54, 1.807) is 4.68 Å². The summed E-state index contributed by atoms with van der Waals surface area (Å²) >= 11 is 1.31. The average molecular weight is 385 g/mol. The average Bonchev–Trinajstić information content (AvgIpc) is 2.83. The van der Waals surface area contributed by atoms with E-state index < -0.39 is 16.9 Å². The summed E-state index contributed by atoms with van der Waals surface area (Å²) in [5, 5.41) is 7.02. The van der Waals surface area contributed by atoms with Crippen molar-refractivity contribution in [2.24, 2.45) is 0 Å². The predicted molar refractivity (Wildman–Crippen MR) is 102 cm³/mol. The highest BCUT2D eigenvalue weighted by Crippen LogP contribution is 2.44. The molecule has 27 heavy (non-hydrogen) atoms. The summed E-state index contributed by atoms with van der Waals surface area (Å²) in [6.45, 7) is 3.82. The van der Waals surface area contributed by atoms with Crippen molar-refractivity contribution in [3.05, 3.63) is 76.5 Å². The van der Waals surface area contributed by atoms with E-state index in [2.05, 4.69) is 10.4 Å². The highest BCUT2D eigenvalue weighted by atomic mass is 32.2. The van der Waals surface area contributed by atoms with Gasteiger partial charge in [-0.3, -0.25) is 4.79 Å². The molecular weight excluding hydrogens is 368 g/mol. The number of hydrogen-bond acceptors (Lipinski definition) is 3. The number of aromatic nitrogens is 2. The Morgan fingerprint density at radius 3 is 2.59 bits per heavy atom. The molecule has 4 nitrogen and oxygen atoms in total. The Balaban J connectivity index is 1.90. The monoisotopic (exact) mass is 385 g/mol. The van der Waals surface area contributed by atoms with Gasteiger partial charge in [0.25, 0.3) is 0 Å². The number of carbonyl (C=O) groups excluding carboxylic acids is 1. The molecule has 4 rings (SSSR count). The summed E-state index contributed by atoms with van der Waals surface area (Å²) in [6, 6.07) is 11.3. The van der Waals surface area contributed by atoms with Gasteiger partial charge in [-0.15, -0.1) is 11.8 Å². The van der Waals surface area contributed by atoms with Crippen molar-refractivity contribution in [1.82, 2.24) is 9.78 Å². The second-order valence-corrected chi connectivity index (χ2v) is 7.59. The first-order valence-corrected chi connectivity index (χ1v) is 9.52. The number of anilines is 1. The summed E-state index contributed by atoms with van der Waals surface area (Å²) in [6.07, 6.45) is 0. The molecule has 0 aliphatic carbocycles. The van der Waals surface area contributed by atoms with Gasteiger partial charge in [-0.05, 0) is 32.0 Å². The molecule has 1 unspecified atom stereocenters. The fourth-order valence-corrected chi connectivity index (χ4v) is 4.43. The van der Waals surface area contributed by atoms with Gasteiger partial charge in [0.05, 0.1) is 22.4 Å². The fraction of sp³-hybridized carbons (Fsp3) is 0.200. The summed E-state index contributed by atoms with van der Waals surface area (Å²) in [5.41, 5.74) is 3.67. The lowest BCUT2D eigenvalue weighted by atomic mass is 10.0. The van der Waals surface area contributed by atoms with Crippen molar-refractivity contribution in [2.45, 2.75) is 19.1 Å². The molecule has 1 N–H and O–H groups in total. The molecule has 0 spiro atoms. The second-order valence-electron chi connectivity index (χ2n) is 6.50. The summed E-state index contributed by atoms with van der Waals surface area (Å²) in [7, 11) is 0. The van der Waals surface area contributed by atoms with Crippen LogP contribution in [0, 0.1) is 25.5 Å². The first-order valence-electron chi connectivity index (χ1n) is 8.47. The lowest BCUT2D eigenvalue weighted by Gasteiger charge is -2.16. The van der Waals surface area contributed by atoms with E-state index in [1.807, 2.05) is 38.1 Å². The zero-order chi connectivity index (χ0) is 19.1. The summed E-state index contributed by atoms with van der Waals surface area (Å²) < 4.78 is 29.5. The number of hydrogen-bond donors (Lipinski definition) is 1. The lowest BCUT2D eigenvalue weighted by molar-refractivity contribution is -0.113. The van der Waals surface area contributed by atoms with E-state index in [-0.39, 0.29) is 11.7 Å². The van der Waals surface area contributed by atoms with E-state index in [0.717, 1.165) is 22.9 Å². The molecule has 1 atom stereocenters. The second kappa shape index (κ2) is 6.81. The van der Waals surface area contributed by atoms with Crippen LogP contribution in [0.25, 0.3) is 5.69 Å². The Hall–Kier alpha value is -2.67. The normalized spacial score (nSPS) is 16.6. The molecule has 1 amide bonds. The number of thioether (sulfide) groups is 1. The predicted octanol–water partition coefficient (Wildman–Crippen LogP) is 4.54. The number of halogens is 2. The Bertz CT molecular complexity index is 1030. The summed E-state index contributed by atoms with van der Waals surface area (Å²) in [4.78, 5) is 12.3. The van der Waals surface area contributed by atoms with Crippen molar-refractivity contribution in [1.29, 1.82) is 0 Å². The molecule has 0 fully saturated rings. The molecule has 0 bridgehead atoms. The molecule has 138 valence electrons. The maximum absolute atomic E-state index is 14.5. The molecule has 7 heteroatoms. The third-order valence-corrected chi connectivity index (χ3v) is 5.78. The molecule has 0 saturated carbocycles. The van der Waals surface area contributed by atoms with Gasteiger partial charge in [-0.25, -0.2) is 13.5 Å². The molecule has 3 aromatic rings. The van der Waals surface area contributed by atoms with Gasteiger partial charge in [0, 0.05) is 17.2 Å². The van der Waals surface area contributed by atoms with Crippen molar-refractivity contribution >= 4 is 23.5 Å². The third kappa shape index (κ3) is 3.23. The van der Waals surface area contributed by atoms with E-state index in [0.29, 0.717) is 17.1 Å². The Kier molecular flexibility index (Phi) is 4.47. The van der Waals surface area contributed by atoms with Gasteiger partial charge in [0.2, 0.25) is 5.91 Å². The van der Waals surface area contributed by atoms with Crippen LogP contribution in [0.2, 0.25) is 0 Å². The summed E-state index contributed by atoms with van der Waals surface area (Å²) in [5.74, 6) is -0.741. The largest absolute Gasteiger partial charge is 0.310 e. The minimum absolute atomic E-state index is 0.170. The Labute approximate surface area is 159 Å². The molecular formula is C20H17F2N3OS. The van der Waals surface area contributed by atoms with Crippen LogP contribution in [0.15, 0.2) is 42.5 Å². The molecule has 0 saturated heterocycles. The maximum Gasteiger partial charge on any atom is 0.235 e. The van der Waals surface area contributed by atoms with Gasteiger partial charge in [-0.1, -0.05) is 23.8 Å². The van der Waals surface area contributed by atoms with E-state index >= 15 is 0 Å². The van der Waals surface area contributed by atoms with Gasteiger partial charge < -0.3 is 5.32 Å². The molecule has 1 aromatic heterocycles. The number of rotatable bonds is 2. The number of fused-ring (bicyclic) bond motifs is 1. The van der Waals surface area contributed by atoms with Gasteiger partial charge in [0.1, 0.15) is 17.5 Å². The molecule has 2 heterocycles. The number of aryl methyl sites for hydroxylation is 2. The van der Waals surface area contributed by atoms with E-state index in [1.165, 1.54) is 23.9 Å². The smallest absolute Gasteiger partial charge is 0.235 e. The standard InChI is InChI=1S/C20H17F2N3OS/c1-11-3-6-14(7-4-11)25-20-18(12(2)24-25)19(27-10-17(26)23-20)15-8-5-13(21)9-16(15)22/h3-9,19H,10H2,1-2H3,(H,23,26). The van der Waals surface area contributed by atoms with Crippen LogP contribution in [-0.4, -0.2) is 21.4 Å². The first-order chi connectivity index (χ1) is 12.9. The number of carbonyl (C=O) groups is 1. The topological polar surface area (TPSA) is 46.9 Å². The number of nitrogens with zero attached hydrogens (tertiary/aromatic N) is 2. The zero-order valence-corrected chi connectivity index (χ0v) is 15.6. The minimum atomic E-state index is -0.629. The van der Waals surface area contributed by atoms with Gasteiger partial charge in [-0.2, -0.15) is 5.10 Å². The van der Waals surface area contributed by atoms with Crippen molar-refractivity contribution in [3.8, 4) is 5.69 Å². The van der Waals surface area contributed by atoms with Gasteiger partial charge in [0.15, 0.2) is 0 Å². The van der Waals surface area contributed by atoms with Crippen LogP contribution < -0.4 is 5.32 Å². The number of nitrogens with one attached hydrogen (secondary N) is 1. The highest BCUT2D eigenvalue weighted by molar-refractivity contribution is 8.00. The van der Waals surface area contributed by atoms with Crippen LogP contribution in [0.3, 0.4) is 0 Å². The number of amides is 1. The Morgan fingerprint density at radius 2 is 1.89 bits per heavy atom. The molecule has 1 aliphatic heterocycles. The minimum Gasteiger partial charge on any atom is -0.310 e. The van der Waals surface area contributed by atoms with Crippen LogP contribution >= 0.6 is 11.8 Å². The third-order valence-electron chi connectivity index (χ3n) is 4.53. The molecule has 2 aromatic carbocycles. The van der Waals surface area contributed by atoms with Crippen LogP contribution in [-0.2, 0) is 4.79 Å². The van der Waals surface area contributed by atoms with Crippen LogP contribution in [0.5, 0.6) is 0 Å². The van der Waals surface area contributed by atoms with Crippen molar-refractivity contribution in [2.75, 3.05) is 11.1 Å². The lowest BCUT2D eigenvalue weighted by Crippen LogP contribution is -2.15. The number of benzene rings is 2. The Morgan fingerprint density at radius 1 is 1.15 bits per heavy atom. The quantitative estimate of drug-likeness (QED) is 0.704. The van der Waals surface area contributed by atoms with Crippen molar-refractivity contribution < 1.29 is 13.6 Å². The van der Waals surface area contributed by atoms with Gasteiger partial charge >= 0.3 is 0 Å². The fourth-order valence-electron chi connectivity index (χ4n) is 3.22. The van der Waals surface area contributed by atoms with Crippen LogP contribution in [0.4, 0.5) is 14.6 Å². The SMILES string of the molecule is Cc1ccc(-n2nc(C)c3c2NC(=O)CSC3c2ccc(F)cc2F)cc1. The highest BCUT2D eigenvalue weighted by Gasteiger charge is 2.32. The van der Waals surface area contributed by atoms with E-state index in [9.17, 15) is 13.6 Å². The molecule has 1 aliphatic rings. The first kappa shape index (κ1) is 17.7. The van der Waals surface area contributed by atoms with Crippen molar-refractivity contribution in [3.63, 3.8) is 0 Å². The molecule has 0 radical (unpaired) electrons. The van der Waals surface area contributed by atoms with Crippen LogP contribution in [0.1, 0.15) is 27.6 Å².